The number of ether oxygens (including phenoxy) is 1. The second-order valence-electron chi connectivity index (χ2n) is 7.69. The van der Waals surface area contributed by atoms with Crippen LogP contribution in [0.5, 0.6) is 5.88 Å². The highest BCUT2D eigenvalue weighted by Gasteiger charge is 2.18. The van der Waals surface area contributed by atoms with E-state index in [1.165, 1.54) is 23.5 Å². The first-order valence-electron chi connectivity index (χ1n) is 10.5. The summed E-state index contributed by atoms with van der Waals surface area (Å²) in [5, 5.41) is 0.656. The minimum Gasteiger partial charge on any atom is -0.415 e. The van der Waals surface area contributed by atoms with Gasteiger partial charge in [0.1, 0.15) is 5.01 Å². The number of halogens is 2. The van der Waals surface area contributed by atoms with Gasteiger partial charge in [-0.15, -0.1) is 11.3 Å². The summed E-state index contributed by atoms with van der Waals surface area (Å²) in [7, 11) is -3.67. The molecule has 7 nitrogen and oxygen atoms in total. The third-order valence-corrected chi connectivity index (χ3v) is 7.81. The lowest BCUT2D eigenvalue weighted by Gasteiger charge is -2.08. The van der Waals surface area contributed by atoms with Gasteiger partial charge in [0, 0.05) is 12.1 Å². The van der Waals surface area contributed by atoms with E-state index in [0.717, 1.165) is 22.0 Å². The average Bonchev–Trinajstić information content (AvgIpc) is 3.27. The Morgan fingerprint density at radius 2 is 1.83 bits per heavy atom. The molecule has 3 aromatic carbocycles. The lowest BCUT2D eigenvalue weighted by Crippen LogP contribution is -2.23. The fourth-order valence-electron chi connectivity index (χ4n) is 3.68. The highest BCUT2D eigenvalue weighted by molar-refractivity contribution is 7.89. The van der Waals surface area contributed by atoms with Gasteiger partial charge in [-0.2, -0.15) is 8.78 Å². The van der Waals surface area contributed by atoms with E-state index in [1.807, 2.05) is 31.2 Å². The van der Waals surface area contributed by atoms with E-state index in [1.54, 1.807) is 24.3 Å². The first-order chi connectivity index (χ1) is 16.8. The summed E-state index contributed by atoms with van der Waals surface area (Å²) >= 11 is 1.40. The third-order valence-electron chi connectivity index (χ3n) is 5.21. The van der Waals surface area contributed by atoms with Crippen LogP contribution in [-0.2, 0) is 16.6 Å². The molecular formula is C24H18F2N4O3S2. The molecule has 2 aromatic heterocycles. The smallest absolute Gasteiger partial charge is 0.388 e. The van der Waals surface area contributed by atoms with E-state index < -0.39 is 16.6 Å². The molecule has 0 atom stereocenters. The maximum Gasteiger partial charge on any atom is 0.388 e. The molecule has 0 spiro atoms. The van der Waals surface area contributed by atoms with Crippen LogP contribution in [0.4, 0.5) is 8.78 Å². The number of aryl methyl sites for hydroxylation is 1. The normalized spacial score (nSPS) is 12.0. The second kappa shape index (κ2) is 9.25. The zero-order valence-electron chi connectivity index (χ0n) is 18.3. The summed E-state index contributed by atoms with van der Waals surface area (Å²) in [6.07, 6.45) is 1.16. The maximum atomic E-state index is 12.7. The van der Waals surface area contributed by atoms with Gasteiger partial charge in [0.25, 0.3) is 0 Å². The van der Waals surface area contributed by atoms with Crippen LogP contribution < -0.4 is 9.46 Å². The van der Waals surface area contributed by atoms with Crippen molar-refractivity contribution in [3.05, 3.63) is 78.0 Å². The molecule has 5 aromatic rings. The molecule has 0 aliphatic heterocycles. The Bertz CT molecular complexity index is 1640. The Hall–Kier alpha value is -3.54. The number of sulfonamides is 1. The highest BCUT2D eigenvalue weighted by atomic mass is 32.2. The Morgan fingerprint density at radius 1 is 1.03 bits per heavy atom. The van der Waals surface area contributed by atoms with Gasteiger partial charge in [-0.05, 0) is 48.4 Å². The molecule has 0 saturated heterocycles. The van der Waals surface area contributed by atoms with Gasteiger partial charge in [-0.1, -0.05) is 30.3 Å². The van der Waals surface area contributed by atoms with E-state index in [2.05, 4.69) is 19.4 Å². The van der Waals surface area contributed by atoms with E-state index in [-0.39, 0.29) is 17.3 Å². The Balaban J connectivity index is 1.52. The van der Waals surface area contributed by atoms with Crippen molar-refractivity contribution in [2.45, 2.75) is 25.0 Å². The summed E-state index contributed by atoms with van der Waals surface area (Å²) in [6, 6.07) is 17.3. The predicted molar refractivity (Wildman–Crippen MR) is 130 cm³/mol. The van der Waals surface area contributed by atoms with Crippen LogP contribution in [0, 0.1) is 6.92 Å². The Kier molecular flexibility index (Phi) is 6.13. The lowest BCUT2D eigenvalue weighted by atomic mass is 10.1. The maximum absolute atomic E-state index is 12.7. The van der Waals surface area contributed by atoms with Crippen LogP contribution in [0.15, 0.2) is 71.8 Å². The van der Waals surface area contributed by atoms with Crippen molar-refractivity contribution in [2.24, 2.45) is 0 Å². The van der Waals surface area contributed by atoms with Gasteiger partial charge in [0.2, 0.25) is 15.9 Å². The summed E-state index contributed by atoms with van der Waals surface area (Å²) in [6.45, 7) is -1.03. The number of benzene rings is 3. The summed E-state index contributed by atoms with van der Waals surface area (Å²) in [5.41, 5.74) is 3.96. The van der Waals surface area contributed by atoms with Crippen molar-refractivity contribution < 1.29 is 21.9 Å². The minimum atomic E-state index is -3.67. The van der Waals surface area contributed by atoms with Crippen molar-refractivity contribution in [1.29, 1.82) is 0 Å². The zero-order chi connectivity index (χ0) is 24.6. The van der Waals surface area contributed by atoms with Gasteiger partial charge in [-0.25, -0.2) is 28.1 Å². The summed E-state index contributed by atoms with van der Waals surface area (Å²) in [5.74, 6) is -0.263. The topological polar surface area (TPSA) is 94.1 Å². The second-order valence-corrected chi connectivity index (χ2v) is 10.5. The average molecular weight is 513 g/mol. The summed E-state index contributed by atoms with van der Waals surface area (Å²) < 4.78 is 58.3. The van der Waals surface area contributed by atoms with Crippen LogP contribution >= 0.6 is 11.3 Å². The monoisotopic (exact) mass is 512 g/mol. The first-order valence-corrected chi connectivity index (χ1v) is 12.8. The Labute approximate surface area is 203 Å². The van der Waals surface area contributed by atoms with Crippen molar-refractivity contribution in [1.82, 2.24) is 19.7 Å². The molecule has 178 valence electrons. The molecule has 0 unspecified atom stereocenters. The molecule has 0 saturated carbocycles. The van der Waals surface area contributed by atoms with Gasteiger partial charge in [-0.3, -0.25) is 0 Å². The number of hydrogen-bond donors (Lipinski definition) is 1. The van der Waals surface area contributed by atoms with E-state index >= 15 is 0 Å². The number of rotatable bonds is 7. The molecular weight excluding hydrogens is 494 g/mol. The van der Waals surface area contributed by atoms with E-state index in [9.17, 15) is 17.2 Å². The predicted octanol–water partition coefficient (Wildman–Crippen LogP) is 5.29. The van der Waals surface area contributed by atoms with Crippen LogP contribution in [0.25, 0.3) is 31.8 Å². The van der Waals surface area contributed by atoms with Gasteiger partial charge in [0.05, 0.1) is 32.3 Å². The standard InChI is InChI=1S/C24H18F2N4O3S2/c1-14-10-17(21-19(11-14)29-20(13-27-21)33-24(25)26)23-30-18-9-5-6-15(22(18)34-23)12-28-35(31,32)16-7-3-2-4-8-16/h2-11,13,24,28H,12H2,1H3. The lowest BCUT2D eigenvalue weighted by molar-refractivity contribution is -0.0528. The molecule has 0 aliphatic carbocycles. The van der Waals surface area contributed by atoms with Crippen LogP contribution in [0.3, 0.4) is 0 Å². The van der Waals surface area contributed by atoms with Gasteiger partial charge >= 0.3 is 6.61 Å². The fourth-order valence-corrected chi connectivity index (χ4v) is 5.80. The SMILES string of the molecule is Cc1cc(-c2nc3cccc(CNS(=O)(=O)c4ccccc4)c3s2)c2ncc(OC(F)F)nc2c1. The highest BCUT2D eigenvalue weighted by Crippen LogP contribution is 2.36. The number of hydrogen-bond acceptors (Lipinski definition) is 7. The van der Waals surface area contributed by atoms with Crippen LogP contribution in [0.2, 0.25) is 0 Å². The number of thiazole rings is 1. The molecule has 35 heavy (non-hydrogen) atoms. The van der Waals surface area contributed by atoms with Crippen molar-refractivity contribution in [2.75, 3.05) is 0 Å². The minimum absolute atomic E-state index is 0.0961. The Morgan fingerprint density at radius 3 is 2.60 bits per heavy atom. The molecule has 0 amide bonds. The largest absolute Gasteiger partial charge is 0.415 e. The molecule has 2 heterocycles. The molecule has 1 N–H and O–H groups in total. The number of alkyl halides is 2. The van der Waals surface area contributed by atoms with Crippen molar-refractivity contribution >= 4 is 42.6 Å². The summed E-state index contributed by atoms with van der Waals surface area (Å²) in [4.78, 5) is 13.4. The zero-order valence-corrected chi connectivity index (χ0v) is 19.9. The van der Waals surface area contributed by atoms with Crippen LogP contribution in [-0.4, -0.2) is 30.0 Å². The number of nitrogens with zero attached hydrogens (tertiary/aromatic N) is 3. The molecule has 0 radical (unpaired) electrons. The van der Waals surface area contributed by atoms with Crippen molar-refractivity contribution in [3.8, 4) is 16.5 Å². The number of nitrogens with one attached hydrogen (secondary N) is 1. The fraction of sp³-hybridized carbons (Fsp3) is 0.125. The molecule has 0 aliphatic rings. The first kappa shape index (κ1) is 23.2. The van der Waals surface area contributed by atoms with Crippen LogP contribution in [0.1, 0.15) is 11.1 Å². The number of aromatic nitrogens is 3. The molecule has 0 fully saturated rings. The third kappa shape index (κ3) is 4.83. The van der Waals surface area contributed by atoms with Gasteiger partial charge < -0.3 is 4.74 Å². The molecule has 5 rings (SSSR count). The van der Waals surface area contributed by atoms with Crippen molar-refractivity contribution in [3.63, 3.8) is 0 Å². The van der Waals surface area contributed by atoms with E-state index in [4.69, 9.17) is 4.98 Å². The number of fused-ring (bicyclic) bond motifs is 2. The molecule has 0 bridgehead atoms. The van der Waals surface area contributed by atoms with Gasteiger partial charge in [0.15, 0.2) is 0 Å². The quantitative estimate of drug-likeness (QED) is 0.318. The van der Waals surface area contributed by atoms with E-state index in [0.29, 0.717) is 27.1 Å². The molecule has 11 heteroatoms.